The number of carboxylic acids is 2. The number of hydrogen-bond donors (Lipinski definition) is 3. The molecule has 2 aromatic heterocycles. The van der Waals surface area contributed by atoms with Crippen molar-refractivity contribution in [3.63, 3.8) is 0 Å². The third-order valence-electron chi connectivity index (χ3n) is 10.4. The molecule has 4 heterocycles. The van der Waals surface area contributed by atoms with Crippen molar-refractivity contribution in [1.29, 1.82) is 0 Å². The van der Waals surface area contributed by atoms with Gasteiger partial charge >= 0.3 is 11.9 Å². The molecule has 0 bridgehead atoms. The maximum Gasteiger partial charge on any atom is 0.320 e. The molecule has 11 heteroatoms. The molecular formula is C41H45N5O6. The largest absolute Gasteiger partial charge is 0.480 e. The van der Waals surface area contributed by atoms with Crippen molar-refractivity contribution in [3.8, 4) is 11.1 Å². The van der Waals surface area contributed by atoms with Gasteiger partial charge in [-0.25, -0.2) is 0 Å². The average Bonchev–Trinajstić information content (AvgIpc) is 3.14. The molecule has 0 radical (unpaired) electrons. The molecular weight excluding hydrogens is 658 g/mol. The van der Waals surface area contributed by atoms with Crippen LogP contribution in [-0.2, 0) is 29.1 Å². The summed E-state index contributed by atoms with van der Waals surface area (Å²) < 4.78 is 0. The quantitative estimate of drug-likeness (QED) is 0.143. The summed E-state index contributed by atoms with van der Waals surface area (Å²) in [5.74, 6) is -2.06. The number of anilines is 1. The van der Waals surface area contributed by atoms with Gasteiger partial charge < -0.3 is 15.5 Å². The molecule has 0 spiro atoms. The van der Waals surface area contributed by atoms with E-state index in [1.54, 1.807) is 24.5 Å². The lowest BCUT2D eigenvalue weighted by molar-refractivity contribution is -0.145. The number of nitrogens with one attached hydrogen (secondary N) is 1. The zero-order chi connectivity index (χ0) is 36.8. The summed E-state index contributed by atoms with van der Waals surface area (Å²) in [4.78, 5) is 62.8. The SMILES string of the molecule is Cc1c(CC(=O)c2ccc(CN3CCCC[C@H]3C(=O)O)cn2)cccc1-c1cccc(NC(=O)c2ccc(CN3CCCC[C@H]3C(=O)O)cn2)c1C. The van der Waals surface area contributed by atoms with Crippen LogP contribution in [0.5, 0.6) is 0 Å². The molecule has 1 amide bonds. The van der Waals surface area contributed by atoms with Crippen LogP contribution in [0.2, 0.25) is 0 Å². The van der Waals surface area contributed by atoms with E-state index in [1.807, 2.05) is 72.2 Å². The molecule has 0 aliphatic carbocycles. The van der Waals surface area contributed by atoms with Gasteiger partial charge in [0.2, 0.25) is 0 Å². The first kappa shape index (κ1) is 36.5. The van der Waals surface area contributed by atoms with Gasteiger partial charge in [0.05, 0.1) is 0 Å². The molecule has 2 aromatic carbocycles. The van der Waals surface area contributed by atoms with Gasteiger partial charge in [0.1, 0.15) is 23.5 Å². The fourth-order valence-electron chi connectivity index (χ4n) is 7.40. The first-order chi connectivity index (χ1) is 25.1. The summed E-state index contributed by atoms with van der Waals surface area (Å²) in [7, 11) is 0. The van der Waals surface area contributed by atoms with E-state index >= 15 is 0 Å². The minimum Gasteiger partial charge on any atom is -0.480 e. The van der Waals surface area contributed by atoms with E-state index in [4.69, 9.17) is 0 Å². The Morgan fingerprint density at radius 1 is 0.692 bits per heavy atom. The minimum atomic E-state index is -0.807. The van der Waals surface area contributed by atoms with E-state index < -0.39 is 24.0 Å². The number of rotatable bonds is 12. The Morgan fingerprint density at radius 2 is 1.23 bits per heavy atom. The van der Waals surface area contributed by atoms with Gasteiger partial charge in [0.25, 0.3) is 5.91 Å². The molecule has 52 heavy (non-hydrogen) atoms. The highest BCUT2D eigenvalue weighted by Gasteiger charge is 2.29. The van der Waals surface area contributed by atoms with Gasteiger partial charge in [-0.2, -0.15) is 0 Å². The van der Waals surface area contributed by atoms with Gasteiger partial charge in [-0.15, -0.1) is 0 Å². The number of hydrogen-bond acceptors (Lipinski definition) is 8. The van der Waals surface area contributed by atoms with Gasteiger partial charge in [0, 0.05) is 37.6 Å². The van der Waals surface area contributed by atoms with Crippen molar-refractivity contribution in [2.75, 3.05) is 18.4 Å². The van der Waals surface area contributed by atoms with Crippen LogP contribution in [0.25, 0.3) is 11.1 Å². The van der Waals surface area contributed by atoms with Crippen LogP contribution >= 0.6 is 0 Å². The molecule has 270 valence electrons. The molecule has 3 N–H and O–H groups in total. The molecule has 2 aliphatic rings. The Balaban J connectivity index is 1.11. The van der Waals surface area contributed by atoms with Gasteiger partial charge in [-0.05, 0) is 110 Å². The first-order valence-corrected chi connectivity index (χ1v) is 18.0. The van der Waals surface area contributed by atoms with Crippen molar-refractivity contribution in [1.82, 2.24) is 19.8 Å². The summed E-state index contributed by atoms with van der Waals surface area (Å²) in [6.07, 6.45) is 8.50. The lowest BCUT2D eigenvalue weighted by Gasteiger charge is -2.32. The molecule has 11 nitrogen and oxygen atoms in total. The summed E-state index contributed by atoms with van der Waals surface area (Å²) >= 11 is 0. The van der Waals surface area contributed by atoms with E-state index in [-0.39, 0.29) is 23.8 Å². The fraction of sp³-hybridized carbons (Fsp3) is 0.366. The fourth-order valence-corrected chi connectivity index (χ4v) is 7.40. The zero-order valence-corrected chi connectivity index (χ0v) is 29.7. The van der Waals surface area contributed by atoms with Crippen molar-refractivity contribution >= 4 is 29.3 Å². The summed E-state index contributed by atoms with van der Waals surface area (Å²) in [6.45, 7) is 6.34. The van der Waals surface area contributed by atoms with Crippen molar-refractivity contribution in [2.45, 2.75) is 84.0 Å². The molecule has 2 atom stereocenters. The molecule has 0 saturated carbocycles. The highest BCUT2D eigenvalue weighted by molar-refractivity contribution is 6.04. The Bertz CT molecular complexity index is 1800. The number of amides is 1. The predicted molar refractivity (Wildman–Crippen MR) is 197 cm³/mol. The number of pyridine rings is 2. The van der Waals surface area contributed by atoms with Crippen molar-refractivity contribution in [2.24, 2.45) is 0 Å². The number of carbonyl (C=O) groups is 4. The Hall–Kier alpha value is -5.26. The number of Topliss-reactive ketones (excluding diaryl/α,β-unsaturated/α-hetero) is 1. The number of nitrogens with zero attached hydrogens (tertiary/aromatic N) is 4. The van der Waals surface area contributed by atoms with E-state index in [0.29, 0.717) is 37.3 Å². The number of carboxylic acid groups (broad SMARTS) is 2. The lowest BCUT2D eigenvalue weighted by Crippen LogP contribution is -2.44. The number of benzene rings is 2. The zero-order valence-electron chi connectivity index (χ0n) is 29.7. The maximum atomic E-state index is 13.4. The number of ketones is 1. The number of aliphatic carboxylic acids is 2. The molecule has 6 rings (SSSR count). The smallest absolute Gasteiger partial charge is 0.320 e. The van der Waals surface area contributed by atoms with E-state index in [1.165, 1.54) is 0 Å². The molecule has 2 fully saturated rings. The average molecular weight is 704 g/mol. The number of likely N-dealkylation sites (tertiary alicyclic amines) is 2. The highest BCUT2D eigenvalue weighted by Crippen LogP contribution is 2.33. The van der Waals surface area contributed by atoms with E-state index in [2.05, 4.69) is 15.3 Å². The van der Waals surface area contributed by atoms with Crippen LogP contribution in [0.15, 0.2) is 73.1 Å². The monoisotopic (exact) mass is 703 g/mol. The van der Waals surface area contributed by atoms with E-state index in [9.17, 15) is 29.4 Å². The maximum absolute atomic E-state index is 13.4. The molecule has 0 unspecified atom stereocenters. The summed E-state index contributed by atoms with van der Waals surface area (Å²) in [5.41, 5.74) is 7.60. The van der Waals surface area contributed by atoms with E-state index in [0.717, 1.165) is 77.7 Å². The topological polar surface area (TPSA) is 153 Å². The molecule has 2 saturated heterocycles. The Morgan fingerprint density at radius 3 is 1.77 bits per heavy atom. The standard InChI is InChI=1S/C41H45N5O6/c1-26-30(21-38(47)34-17-15-28(22-42-34)24-45-19-5-3-13-36(45)40(49)50)9-7-10-31(26)32-11-8-12-33(27(32)2)44-39(48)35-18-16-29(23-43-35)25-46-20-6-4-14-37(46)41(51)52/h7-12,15-18,22-23,36-37H,3-6,13-14,19-21,24-25H2,1-2H3,(H,44,48)(H,49,50)(H,51,52)/t36-,37-/m0/s1. The summed E-state index contributed by atoms with van der Waals surface area (Å²) in [6, 6.07) is 17.7. The Kier molecular flexibility index (Phi) is 11.5. The first-order valence-electron chi connectivity index (χ1n) is 18.0. The minimum absolute atomic E-state index is 0.109. The number of carbonyl (C=O) groups excluding carboxylic acids is 2. The number of piperidine rings is 2. The van der Waals surface area contributed by atoms with Crippen LogP contribution in [0.1, 0.15) is 87.3 Å². The van der Waals surface area contributed by atoms with Gasteiger partial charge in [-0.1, -0.05) is 55.3 Å². The third-order valence-corrected chi connectivity index (χ3v) is 10.4. The third kappa shape index (κ3) is 8.43. The lowest BCUT2D eigenvalue weighted by atomic mass is 9.91. The second-order valence-electron chi connectivity index (χ2n) is 13.9. The van der Waals surface area contributed by atoms with Crippen LogP contribution < -0.4 is 5.32 Å². The second kappa shape index (κ2) is 16.4. The van der Waals surface area contributed by atoms with Crippen LogP contribution in [0, 0.1) is 13.8 Å². The summed E-state index contributed by atoms with van der Waals surface area (Å²) in [5, 5.41) is 22.2. The van der Waals surface area contributed by atoms with Crippen LogP contribution in [0.3, 0.4) is 0 Å². The number of aromatic nitrogens is 2. The Labute approximate surface area is 303 Å². The highest BCUT2D eigenvalue weighted by atomic mass is 16.4. The van der Waals surface area contributed by atoms with Crippen molar-refractivity contribution < 1.29 is 29.4 Å². The van der Waals surface area contributed by atoms with Gasteiger partial charge in [0.15, 0.2) is 5.78 Å². The molecule has 4 aromatic rings. The van der Waals surface area contributed by atoms with Gasteiger partial charge in [-0.3, -0.25) is 38.9 Å². The normalized spacial score (nSPS) is 18.1. The molecule has 2 aliphatic heterocycles. The van der Waals surface area contributed by atoms with Crippen LogP contribution in [0.4, 0.5) is 5.69 Å². The second-order valence-corrected chi connectivity index (χ2v) is 13.9. The van der Waals surface area contributed by atoms with Crippen molar-refractivity contribution in [3.05, 3.63) is 112 Å². The van der Waals surface area contributed by atoms with Crippen LogP contribution in [-0.4, -0.2) is 78.8 Å². The predicted octanol–water partition coefficient (Wildman–Crippen LogP) is 6.32.